The molecule has 2 aromatic rings. The van der Waals surface area contributed by atoms with Crippen LogP contribution in [0.1, 0.15) is 35.4 Å². The summed E-state index contributed by atoms with van der Waals surface area (Å²) < 4.78 is 11.3. The first-order valence-corrected chi connectivity index (χ1v) is 10.4. The molecule has 0 spiro atoms. The molecule has 1 amide bonds. The average molecular weight is 387 g/mol. The zero-order valence-electron chi connectivity index (χ0n) is 15.6. The van der Waals surface area contributed by atoms with Gasteiger partial charge in [-0.25, -0.2) is 0 Å². The lowest BCUT2D eigenvalue weighted by Crippen LogP contribution is -2.35. The molecule has 2 N–H and O–H groups in total. The maximum absolute atomic E-state index is 13.2. The topological polar surface area (TPSA) is 64.8 Å². The lowest BCUT2D eigenvalue weighted by molar-refractivity contribution is -0.119. The lowest BCUT2D eigenvalue weighted by Gasteiger charge is -2.27. The van der Waals surface area contributed by atoms with Gasteiger partial charge >= 0.3 is 0 Å². The van der Waals surface area contributed by atoms with Crippen molar-refractivity contribution in [1.82, 2.24) is 0 Å². The molecule has 2 heterocycles. The molecule has 0 bridgehead atoms. The van der Waals surface area contributed by atoms with Crippen molar-refractivity contribution in [2.75, 3.05) is 18.1 Å². The van der Waals surface area contributed by atoms with Crippen LogP contribution in [0.5, 0.6) is 11.5 Å². The van der Waals surface area contributed by atoms with Crippen LogP contribution < -0.4 is 20.1 Å². The van der Waals surface area contributed by atoms with Gasteiger partial charge in [-0.05, 0) is 49.9 Å². The summed E-state index contributed by atoms with van der Waals surface area (Å²) in [5, 5.41) is 0. The second-order valence-electron chi connectivity index (χ2n) is 7.38. The Kier molecular flexibility index (Phi) is 5.36. The van der Waals surface area contributed by atoms with Crippen molar-refractivity contribution in [3.05, 3.63) is 40.1 Å². The molecule has 1 aliphatic heterocycles. The van der Waals surface area contributed by atoms with Crippen LogP contribution in [0.15, 0.2) is 30.3 Å². The smallest absolute Gasteiger partial charge is 0.227 e. The van der Waals surface area contributed by atoms with Gasteiger partial charge in [-0.15, -0.1) is 11.3 Å². The van der Waals surface area contributed by atoms with Crippen molar-refractivity contribution < 1.29 is 14.3 Å². The lowest BCUT2D eigenvalue weighted by atomic mass is 9.99. The van der Waals surface area contributed by atoms with Crippen molar-refractivity contribution in [2.24, 2.45) is 11.7 Å². The highest BCUT2D eigenvalue weighted by molar-refractivity contribution is 7.11. The maximum Gasteiger partial charge on any atom is 0.227 e. The van der Waals surface area contributed by atoms with E-state index in [4.69, 9.17) is 15.2 Å². The average Bonchev–Trinajstić information content (AvgIpc) is 3.27. The van der Waals surface area contributed by atoms with Crippen LogP contribution in [-0.4, -0.2) is 25.2 Å². The fourth-order valence-corrected chi connectivity index (χ4v) is 4.78. The number of nitrogens with two attached hydrogens (primary N) is 1. The third kappa shape index (κ3) is 4.12. The number of rotatable bonds is 5. The molecule has 5 nitrogen and oxygen atoms in total. The molecular formula is C21H26N2O3S. The van der Waals surface area contributed by atoms with E-state index in [0.717, 1.165) is 30.7 Å². The third-order valence-electron chi connectivity index (χ3n) is 5.40. The van der Waals surface area contributed by atoms with Gasteiger partial charge in [0.1, 0.15) is 13.2 Å². The molecule has 4 rings (SSSR count). The number of benzene rings is 1. The minimum Gasteiger partial charge on any atom is -0.486 e. The second kappa shape index (κ2) is 7.90. The Morgan fingerprint density at radius 2 is 2.00 bits per heavy atom. The van der Waals surface area contributed by atoms with E-state index in [1.807, 2.05) is 23.1 Å². The molecule has 1 saturated carbocycles. The summed E-state index contributed by atoms with van der Waals surface area (Å²) in [6.45, 7) is 3.75. The van der Waals surface area contributed by atoms with Crippen LogP contribution >= 0.6 is 11.3 Å². The number of thiophene rings is 1. The first kappa shape index (κ1) is 18.3. The molecule has 6 heteroatoms. The Bertz CT molecular complexity index is 820. The Morgan fingerprint density at radius 1 is 1.19 bits per heavy atom. The van der Waals surface area contributed by atoms with Crippen LogP contribution in [0.2, 0.25) is 0 Å². The number of nitrogens with zero attached hydrogens (tertiary/aromatic N) is 1. The number of anilines is 1. The third-order valence-corrected chi connectivity index (χ3v) is 6.39. The number of hydrogen-bond donors (Lipinski definition) is 1. The molecular weight excluding hydrogens is 360 g/mol. The molecule has 1 fully saturated rings. The van der Waals surface area contributed by atoms with Crippen LogP contribution in [0.25, 0.3) is 0 Å². The molecule has 2 aliphatic rings. The van der Waals surface area contributed by atoms with Crippen molar-refractivity contribution in [3.8, 4) is 11.5 Å². The van der Waals surface area contributed by atoms with E-state index in [0.29, 0.717) is 31.9 Å². The Hall–Kier alpha value is -2.05. The summed E-state index contributed by atoms with van der Waals surface area (Å²) in [6.07, 6.45) is 3.68. The van der Waals surface area contributed by atoms with Crippen LogP contribution in [0.3, 0.4) is 0 Å². The number of carbonyl (C=O) groups excluding carboxylic acids is 1. The first-order valence-electron chi connectivity index (χ1n) is 9.61. The molecule has 0 unspecified atom stereocenters. The van der Waals surface area contributed by atoms with E-state index in [-0.39, 0.29) is 17.9 Å². The van der Waals surface area contributed by atoms with E-state index in [9.17, 15) is 4.79 Å². The Morgan fingerprint density at radius 3 is 2.70 bits per heavy atom. The predicted molar refractivity (Wildman–Crippen MR) is 108 cm³/mol. The first-order chi connectivity index (χ1) is 13.1. The molecule has 27 heavy (non-hydrogen) atoms. The summed E-state index contributed by atoms with van der Waals surface area (Å²) in [6, 6.07) is 10.1. The van der Waals surface area contributed by atoms with E-state index >= 15 is 0 Å². The number of hydrogen-bond acceptors (Lipinski definition) is 5. The van der Waals surface area contributed by atoms with E-state index < -0.39 is 0 Å². The SMILES string of the molecule is Cc1ccc(CN(C(=O)C[C@@H]2CCC[C@H]2N)c2ccc3c(c2)OCCO3)s1. The summed E-state index contributed by atoms with van der Waals surface area (Å²) in [4.78, 5) is 17.5. The second-order valence-corrected chi connectivity index (χ2v) is 8.75. The highest BCUT2D eigenvalue weighted by Gasteiger charge is 2.29. The molecule has 1 aromatic carbocycles. The van der Waals surface area contributed by atoms with E-state index in [1.54, 1.807) is 11.3 Å². The fourth-order valence-electron chi connectivity index (χ4n) is 3.90. The van der Waals surface area contributed by atoms with Crippen molar-refractivity contribution >= 4 is 22.9 Å². The number of ether oxygens (including phenoxy) is 2. The summed E-state index contributed by atoms with van der Waals surface area (Å²) >= 11 is 1.73. The summed E-state index contributed by atoms with van der Waals surface area (Å²) in [5.74, 6) is 1.85. The molecule has 1 aromatic heterocycles. The summed E-state index contributed by atoms with van der Waals surface area (Å²) in [5.41, 5.74) is 7.06. The number of carbonyl (C=O) groups is 1. The van der Waals surface area contributed by atoms with Gasteiger partial charge < -0.3 is 20.1 Å². The van der Waals surface area contributed by atoms with Crippen LogP contribution in [-0.2, 0) is 11.3 Å². The van der Waals surface area contributed by atoms with Crippen molar-refractivity contribution in [3.63, 3.8) is 0 Å². The van der Waals surface area contributed by atoms with Crippen LogP contribution in [0, 0.1) is 12.8 Å². The largest absolute Gasteiger partial charge is 0.486 e. The molecule has 0 radical (unpaired) electrons. The normalized spacial score (nSPS) is 21.3. The Balaban J connectivity index is 1.59. The van der Waals surface area contributed by atoms with Crippen LogP contribution in [0.4, 0.5) is 5.69 Å². The van der Waals surface area contributed by atoms with Crippen molar-refractivity contribution in [2.45, 2.75) is 45.2 Å². The maximum atomic E-state index is 13.2. The zero-order chi connectivity index (χ0) is 18.8. The van der Waals surface area contributed by atoms with Gasteiger partial charge in [0.25, 0.3) is 0 Å². The zero-order valence-corrected chi connectivity index (χ0v) is 16.5. The number of aryl methyl sites for hydroxylation is 1. The number of amides is 1. The van der Waals surface area contributed by atoms with Gasteiger partial charge in [0.2, 0.25) is 5.91 Å². The molecule has 0 saturated heterocycles. The van der Waals surface area contributed by atoms with Gasteiger partial charge in [-0.2, -0.15) is 0 Å². The highest BCUT2D eigenvalue weighted by atomic mass is 32.1. The van der Waals surface area contributed by atoms with Gasteiger partial charge in [0.15, 0.2) is 11.5 Å². The van der Waals surface area contributed by atoms with E-state index in [2.05, 4.69) is 19.1 Å². The highest BCUT2D eigenvalue weighted by Crippen LogP contribution is 2.36. The molecule has 1 aliphatic carbocycles. The number of fused-ring (bicyclic) bond motifs is 1. The van der Waals surface area contributed by atoms with Gasteiger partial charge in [0.05, 0.1) is 6.54 Å². The standard InChI is InChI=1S/C21H26N2O3S/c1-14-5-7-17(27-14)13-23(21(24)11-15-3-2-4-18(15)22)16-6-8-19-20(12-16)26-10-9-25-19/h5-8,12,15,18H,2-4,9-11,13,22H2,1H3/t15-,18+/m0/s1. The van der Waals surface area contributed by atoms with E-state index in [1.165, 1.54) is 9.75 Å². The van der Waals surface area contributed by atoms with Gasteiger partial charge in [-0.3, -0.25) is 4.79 Å². The predicted octanol–water partition coefficient (Wildman–Crippen LogP) is 3.88. The van der Waals surface area contributed by atoms with Crippen molar-refractivity contribution in [1.29, 1.82) is 0 Å². The fraction of sp³-hybridized carbons (Fsp3) is 0.476. The molecule has 144 valence electrons. The minimum atomic E-state index is 0.125. The monoisotopic (exact) mass is 386 g/mol. The quantitative estimate of drug-likeness (QED) is 0.847. The van der Waals surface area contributed by atoms with Gasteiger partial charge in [0, 0.05) is 34.0 Å². The Labute approximate surface area is 164 Å². The van der Waals surface area contributed by atoms with Gasteiger partial charge in [-0.1, -0.05) is 6.42 Å². The molecule has 2 atom stereocenters. The minimum absolute atomic E-state index is 0.125. The summed E-state index contributed by atoms with van der Waals surface area (Å²) in [7, 11) is 0.